The van der Waals surface area contributed by atoms with Crippen molar-refractivity contribution in [3.63, 3.8) is 0 Å². The highest BCUT2D eigenvalue weighted by atomic mass is 19.4. The van der Waals surface area contributed by atoms with Crippen molar-refractivity contribution in [2.24, 2.45) is 11.8 Å². The molecule has 0 heterocycles. The second-order valence-electron chi connectivity index (χ2n) is 4.38. The molecular weight excluding hydrogens is 273 g/mol. The number of carbonyl (C=O) groups excluding carboxylic acids is 1. The van der Waals surface area contributed by atoms with Gasteiger partial charge in [0, 0.05) is 0 Å². The number of nitriles is 1. The molecule has 0 spiro atoms. The maximum atomic E-state index is 12.2. The Kier molecular flexibility index (Phi) is 4.97. The Hall–Kier alpha value is -2.23. The van der Waals surface area contributed by atoms with Crippen LogP contribution in [-0.4, -0.2) is 12.3 Å². The van der Waals surface area contributed by atoms with E-state index in [9.17, 15) is 18.0 Å². The van der Waals surface area contributed by atoms with Gasteiger partial charge in [0.1, 0.15) is 5.92 Å². The highest BCUT2D eigenvalue weighted by molar-refractivity contribution is 5.95. The average Bonchev–Trinajstić information content (AvgIpc) is 2.30. The van der Waals surface area contributed by atoms with Crippen LogP contribution in [0.25, 0.3) is 0 Å². The zero-order chi connectivity index (χ0) is 15.3. The first kappa shape index (κ1) is 15.8. The van der Waals surface area contributed by atoms with Gasteiger partial charge in [-0.1, -0.05) is 26.0 Å². The largest absolute Gasteiger partial charge is 0.573 e. The van der Waals surface area contributed by atoms with Crippen LogP contribution in [-0.2, 0) is 4.79 Å². The molecule has 0 saturated heterocycles. The van der Waals surface area contributed by atoms with Crippen LogP contribution in [0.15, 0.2) is 24.3 Å². The summed E-state index contributed by atoms with van der Waals surface area (Å²) in [6.07, 6.45) is -4.85. The quantitative estimate of drug-likeness (QED) is 0.923. The lowest BCUT2D eigenvalue weighted by atomic mass is 9.96. The van der Waals surface area contributed by atoms with Crippen molar-refractivity contribution in [2.75, 3.05) is 5.32 Å². The van der Waals surface area contributed by atoms with Crippen LogP contribution in [0.5, 0.6) is 5.75 Å². The summed E-state index contributed by atoms with van der Waals surface area (Å²) in [5.74, 6) is -2.39. The van der Waals surface area contributed by atoms with E-state index in [4.69, 9.17) is 5.26 Å². The van der Waals surface area contributed by atoms with Gasteiger partial charge in [-0.3, -0.25) is 4.79 Å². The lowest BCUT2D eigenvalue weighted by Crippen LogP contribution is -2.26. The molecule has 0 aliphatic heterocycles. The van der Waals surface area contributed by atoms with Crippen molar-refractivity contribution in [3.8, 4) is 11.8 Å². The van der Waals surface area contributed by atoms with Gasteiger partial charge in [-0.05, 0) is 18.1 Å². The molecule has 7 heteroatoms. The summed E-state index contributed by atoms with van der Waals surface area (Å²) in [5.41, 5.74) is -0.129. The van der Waals surface area contributed by atoms with E-state index >= 15 is 0 Å². The van der Waals surface area contributed by atoms with E-state index in [2.05, 4.69) is 10.1 Å². The summed E-state index contributed by atoms with van der Waals surface area (Å²) < 4.78 is 40.5. The average molecular weight is 286 g/mol. The van der Waals surface area contributed by atoms with Gasteiger partial charge in [-0.25, -0.2) is 0 Å². The van der Waals surface area contributed by atoms with E-state index < -0.39 is 23.9 Å². The number of alkyl halides is 3. The fraction of sp³-hybridized carbons (Fsp3) is 0.385. The first-order valence-electron chi connectivity index (χ1n) is 5.80. The second-order valence-corrected chi connectivity index (χ2v) is 4.38. The smallest absolute Gasteiger partial charge is 0.404 e. The molecule has 4 nitrogen and oxygen atoms in total. The van der Waals surface area contributed by atoms with Gasteiger partial charge in [0.15, 0.2) is 5.75 Å². The van der Waals surface area contributed by atoms with Gasteiger partial charge in [0.2, 0.25) is 5.91 Å². The third kappa shape index (κ3) is 4.46. The molecule has 108 valence electrons. The number of rotatable bonds is 4. The lowest BCUT2D eigenvalue weighted by Gasteiger charge is -2.16. The number of anilines is 1. The first-order valence-corrected chi connectivity index (χ1v) is 5.80. The van der Waals surface area contributed by atoms with E-state index in [0.717, 1.165) is 6.07 Å². The standard InChI is InChI=1S/C13H13F3N2O2/c1-8(2)9(7-17)12(19)18-10-5-3-4-6-11(10)20-13(14,15)16/h3-6,8-9H,1-2H3,(H,18,19). The fourth-order valence-electron chi connectivity index (χ4n) is 1.50. The maximum absolute atomic E-state index is 12.2. The molecule has 0 aliphatic rings. The highest BCUT2D eigenvalue weighted by Gasteiger charge is 2.32. The van der Waals surface area contributed by atoms with Crippen molar-refractivity contribution in [2.45, 2.75) is 20.2 Å². The molecule has 20 heavy (non-hydrogen) atoms. The molecule has 1 unspecified atom stereocenters. The second kappa shape index (κ2) is 6.28. The third-order valence-corrected chi connectivity index (χ3v) is 2.46. The van der Waals surface area contributed by atoms with Gasteiger partial charge in [0.05, 0.1) is 11.8 Å². The van der Waals surface area contributed by atoms with Crippen molar-refractivity contribution < 1.29 is 22.7 Å². The maximum Gasteiger partial charge on any atom is 0.573 e. The molecule has 1 rings (SSSR count). The number of carbonyl (C=O) groups is 1. The number of halogens is 3. The number of amides is 1. The van der Waals surface area contributed by atoms with Crippen LogP contribution in [0.2, 0.25) is 0 Å². The molecule has 1 N–H and O–H groups in total. The van der Waals surface area contributed by atoms with Crippen LogP contribution >= 0.6 is 0 Å². The molecule has 0 saturated carbocycles. The SMILES string of the molecule is CC(C)C(C#N)C(=O)Nc1ccccc1OC(F)(F)F. The summed E-state index contributed by atoms with van der Waals surface area (Å²) in [5, 5.41) is 11.2. The van der Waals surface area contributed by atoms with Crippen LogP contribution in [0, 0.1) is 23.2 Å². The van der Waals surface area contributed by atoms with Gasteiger partial charge in [-0.2, -0.15) is 5.26 Å². The van der Waals surface area contributed by atoms with Crippen LogP contribution in [0.3, 0.4) is 0 Å². The van der Waals surface area contributed by atoms with E-state index in [1.165, 1.54) is 18.2 Å². The molecule has 0 aliphatic carbocycles. The number of benzene rings is 1. The number of hydrogen-bond acceptors (Lipinski definition) is 3. The van der Waals surface area contributed by atoms with Gasteiger partial charge in [0.25, 0.3) is 0 Å². The van der Waals surface area contributed by atoms with E-state index in [-0.39, 0.29) is 11.6 Å². The van der Waals surface area contributed by atoms with Gasteiger partial charge in [-0.15, -0.1) is 13.2 Å². The van der Waals surface area contributed by atoms with Gasteiger partial charge >= 0.3 is 6.36 Å². The zero-order valence-electron chi connectivity index (χ0n) is 10.9. The van der Waals surface area contributed by atoms with Crippen molar-refractivity contribution >= 4 is 11.6 Å². The first-order chi connectivity index (χ1) is 9.24. The topological polar surface area (TPSA) is 62.1 Å². The summed E-state index contributed by atoms with van der Waals surface area (Å²) in [6.45, 7) is 3.34. The Bertz CT molecular complexity index is 521. The molecule has 1 atom stereocenters. The van der Waals surface area contributed by atoms with Crippen molar-refractivity contribution in [1.29, 1.82) is 5.26 Å². The Balaban J connectivity index is 2.93. The van der Waals surface area contributed by atoms with E-state index in [0.29, 0.717) is 0 Å². The van der Waals surface area contributed by atoms with Gasteiger partial charge < -0.3 is 10.1 Å². The molecule has 0 bridgehead atoms. The molecule has 0 radical (unpaired) electrons. The normalized spacial score (nSPS) is 12.7. The summed E-state index contributed by atoms with van der Waals surface area (Å²) in [7, 11) is 0. The number of hydrogen-bond donors (Lipinski definition) is 1. The number of ether oxygens (including phenoxy) is 1. The number of nitrogens with zero attached hydrogens (tertiary/aromatic N) is 1. The molecule has 1 aromatic rings. The van der Waals surface area contributed by atoms with Crippen molar-refractivity contribution in [1.82, 2.24) is 0 Å². The Morgan fingerprint density at radius 2 is 1.95 bits per heavy atom. The monoisotopic (exact) mass is 286 g/mol. The molecule has 1 aromatic carbocycles. The Labute approximate surface area is 114 Å². The minimum Gasteiger partial charge on any atom is -0.404 e. The van der Waals surface area contributed by atoms with E-state index in [1.54, 1.807) is 13.8 Å². The zero-order valence-corrected chi connectivity index (χ0v) is 10.9. The Morgan fingerprint density at radius 1 is 1.35 bits per heavy atom. The summed E-state index contributed by atoms with van der Waals surface area (Å²) in [6, 6.07) is 6.97. The number of para-hydroxylation sites is 2. The summed E-state index contributed by atoms with van der Waals surface area (Å²) in [4.78, 5) is 11.8. The Morgan fingerprint density at radius 3 is 2.45 bits per heavy atom. The van der Waals surface area contributed by atoms with Crippen molar-refractivity contribution in [3.05, 3.63) is 24.3 Å². The summed E-state index contributed by atoms with van der Waals surface area (Å²) >= 11 is 0. The molecular formula is C13H13F3N2O2. The minimum atomic E-state index is -4.85. The number of nitrogens with one attached hydrogen (secondary N) is 1. The molecule has 1 amide bonds. The molecule has 0 aromatic heterocycles. The van der Waals surface area contributed by atoms with E-state index in [1.807, 2.05) is 6.07 Å². The predicted octanol–water partition coefficient (Wildman–Crippen LogP) is 3.32. The highest BCUT2D eigenvalue weighted by Crippen LogP contribution is 2.30. The third-order valence-electron chi connectivity index (χ3n) is 2.46. The van der Waals surface area contributed by atoms with Crippen LogP contribution in [0.4, 0.5) is 18.9 Å². The molecule has 0 fully saturated rings. The lowest BCUT2D eigenvalue weighted by molar-refractivity contribution is -0.274. The predicted molar refractivity (Wildman–Crippen MR) is 65.7 cm³/mol. The minimum absolute atomic E-state index is 0.129. The van der Waals surface area contributed by atoms with Crippen LogP contribution in [0.1, 0.15) is 13.8 Å². The fourth-order valence-corrected chi connectivity index (χ4v) is 1.50. The van der Waals surface area contributed by atoms with Crippen LogP contribution < -0.4 is 10.1 Å².